The van der Waals surface area contributed by atoms with Gasteiger partial charge in [0.15, 0.2) is 0 Å². The van der Waals surface area contributed by atoms with Crippen molar-refractivity contribution in [2.24, 2.45) is 0 Å². The topological polar surface area (TPSA) is 53.2 Å². The van der Waals surface area contributed by atoms with Crippen LogP contribution in [0.15, 0.2) is 0 Å². The second-order valence-corrected chi connectivity index (χ2v) is 4.06. The summed E-state index contributed by atoms with van der Waals surface area (Å²) in [6.07, 6.45) is 4.81. The molecule has 0 spiro atoms. The summed E-state index contributed by atoms with van der Waals surface area (Å²) >= 11 is 0. The highest BCUT2D eigenvalue weighted by Gasteiger charge is 2.19. The molecule has 4 nitrogen and oxygen atoms in total. The molecular formula is C11H23N3O. The lowest BCUT2D eigenvalue weighted by molar-refractivity contribution is -0.123. The highest BCUT2D eigenvalue weighted by atomic mass is 16.2. The maximum atomic E-state index is 11.6. The van der Waals surface area contributed by atoms with Crippen molar-refractivity contribution in [2.45, 2.75) is 38.6 Å². The van der Waals surface area contributed by atoms with Gasteiger partial charge < -0.3 is 16.0 Å². The zero-order valence-electron chi connectivity index (χ0n) is 9.64. The van der Waals surface area contributed by atoms with Crippen LogP contribution in [0.2, 0.25) is 0 Å². The highest BCUT2D eigenvalue weighted by molar-refractivity contribution is 5.82. The van der Waals surface area contributed by atoms with E-state index in [-0.39, 0.29) is 11.9 Å². The number of carbonyl (C=O) groups is 1. The molecule has 0 saturated carbocycles. The zero-order chi connectivity index (χ0) is 10.9. The van der Waals surface area contributed by atoms with Crippen molar-refractivity contribution in [3.63, 3.8) is 0 Å². The Morgan fingerprint density at radius 2 is 2.20 bits per heavy atom. The molecule has 1 rings (SSSR count). The van der Waals surface area contributed by atoms with E-state index in [0.29, 0.717) is 0 Å². The molecule has 88 valence electrons. The van der Waals surface area contributed by atoms with Crippen LogP contribution >= 0.6 is 0 Å². The Morgan fingerprint density at radius 3 is 2.87 bits per heavy atom. The lowest BCUT2D eigenvalue weighted by atomic mass is 10.2. The fourth-order valence-corrected chi connectivity index (χ4v) is 1.73. The molecule has 0 aromatic carbocycles. The highest BCUT2D eigenvalue weighted by Crippen LogP contribution is 1.97. The Bertz CT molecular complexity index is 179. The van der Waals surface area contributed by atoms with E-state index in [0.717, 1.165) is 32.6 Å². The second kappa shape index (κ2) is 7.65. The normalized spacial score (nSPS) is 21.3. The molecule has 1 atom stereocenters. The van der Waals surface area contributed by atoms with Crippen molar-refractivity contribution in [3.8, 4) is 0 Å². The zero-order valence-corrected chi connectivity index (χ0v) is 9.64. The second-order valence-electron chi connectivity index (χ2n) is 4.06. The van der Waals surface area contributed by atoms with Gasteiger partial charge in [-0.2, -0.15) is 0 Å². The Kier molecular flexibility index (Phi) is 6.36. The fourth-order valence-electron chi connectivity index (χ4n) is 1.73. The predicted octanol–water partition coefficient (Wildman–Crippen LogP) is 0.244. The van der Waals surface area contributed by atoms with E-state index in [4.69, 9.17) is 0 Å². The molecule has 0 aliphatic carbocycles. The van der Waals surface area contributed by atoms with Gasteiger partial charge in [0.2, 0.25) is 5.91 Å². The van der Waals surface area contributed by atoms with Crippen LogP contribution in [0.5, 0.6) is 0 Å². The minimum atomic E-state index is -0.0371. The van der Waals surface area contributed by atoms with E-state index in [1.165, 1.54) is 19.3 Å². The third-order valence-electron chi connectivity index (χ3n) is 2.69. The monoisotopic (exact) mass is 213 g/mol. The van der Waals surface area contributed by atoms with Crippen LogP contribution in [0.25, 0.3) is 0 Å². The number of carbonyl (C=O) groups excluding carboxylic acids is 1. The average Bonchev–Trinajstić information content (AvgIpc) is 2.30. The number of nitrogens with one attached hydrogen (secondary N) is 3. The molecule has 1 heterocycles. The smallest absolute Gasteiger partial charge is 0.238 e. The molecule has 1 saturated heterocycles. The van der Waals surface area contributed by atoms with Gasteiger partial charge in [0.25, 0.3) is 0 Å². The van der Waals surface area contributed by atoms with Gasteiger partial charge >= 0.3 is 0 Å². The molecule has 1 aliphatic rings. The summed E-state index contributed by atoms with van der Waals surface area (Å²) in [5, 5.41) is 9.37. The molecule has 0 bridgehead atoms. The first kappa shape index (κ1) is 12.5. The largest absolute Gasteiger partial charge is 0.355 e. The first-order chi connectivity index (χ1) is 7.34. The van der Waals surface area contributed by atoms with Crippen LogP contribution in [-0.4, -0.2) is 38.1 Å². The SMILES string of the molecule is CCCCCCNC(=O)C1CNCCN1. The minimum absolute atomic E-state index is 0.0371. The van der Waals surface area contributed by atoms with Crippen molar-refractivity contribution in [3.05, 3.63) is 0 Å². The van der Waals surface area contributed by atoms with Crippen LogP contribution in [0, 0.1) is 0 Å². The van der Waals surface area contributed by atoms with Crippen molar-refractivity contribution in [1.82, 2.24) is 16.0 Å². The Hall–Kier alpha value is -0.610. The van der Waals surface area contributed by atoms with E-state index in [2.05, 4.69) is 22.9 Å². The van der Waals surface area contributed by atoms with Gasteiger partial charge in [0.05, 0.1) is 6.04 Å². The van der Waals surface area contributed by atoms with Gasteiger partial charge in [-0.3, -0.25) is 4.79 Å². The van der Waals surface area contributed by atoms with E-state index < -0.39 is 0 Å². The first-order valence-electron chi connectivity index (χ1n) is 6.06. The summed E-state index contributed by atoms with van der Waals surface area (Å²) in [5.74, 6) is 0.138. The van der Waals surface area contributed by atoms with Crippen LogP contribution in [0.1, 0.15) is 32.6 Å². The molecule has 1 unspecified atom stereocenters. The van der Waals surface area contributed by atoms with Gasteiger partial charge in [-0.25, -0.2) is 0 Å². The van der Waals surface area contributed by atoms with Crippen LogP contribution in [0.3, 0.4) is 0 Å². The third kappa shape index (κ3) is 5.14. The number of rotatable bonds is 6. The quantitative estimate of drug-likeness (QED) is 0.554. The molecular weight excluding hydrogens is 190 g/mol. The molecule has 1 aliphatic heterocycles. The van der Waals surface area contributed by atoms with E-state index in [1.54, 1.807) is 0 Å². The lowest BCUT2D eigenvalue weighted by Gasteiger charge is -2.23. The molecule has 0 aromatic heterocycles. The van der Waals surface area contributed by atoms with Gasteiger partial charge in [-0.15, -0.1) is 0 Å². The van der Waals surface area contributed by atoms with Crippen LogP contribution in [0.4, 0.5) is 0 Å². The summed E-state index contributed by atoms with van der Waals surface area (Å²) < 4.78 is 0. The number of amides is 1. The fraction of sp³-hybridized carbons (Fsp3) is 0.909. The standard InChI is InChI=1S/C11H23N3O/c1-2-3-4-5-6-14-11(15)10-9-12-7-8-13-10/h10,12-13H,2-9H2,1H3,(H,14,15). The minimum Gasteiger partial charge on any atom is -0.355 e. The predicted molar refractivity (Wildman–Crippen MR) is 61.8 cm³/mol. The van der Waals surface area contributed by atoms with E-state index >= 15 is 0 Å². The van der Waals surface area contributed by atoms with Gasteiger partial charge in [0.1, 0.15) is 0 Å². The molecule has 3 N–H and O–H groups in total. The van der Waals surface area contributed by atoms with Crippen LogP contribution in [-0.2, 0) is 4.79 Å². The number of piperazine rings is 1. The Labute approximate surface area is 92.2 Å². The number of hydrogen-bond acceptors (Lipinski definition) is 3. The van der Waals surface area contributed by atoms with Gasteiger partial charge in [-0.1, -0.05) is 26.2 Å². The maximum Gasteiger partial charge on any atom is 0.238 e. The number of hydrogen-bond donors (Lipinski definition) is 3. The molecule has 4 heteroatoms. The lowest BCUT2D eigenvalue weighted by Crippen LogP contribution is -2.55. The van der Waals surface area contributed by atoms with Crippen molar-refractivity contribution >= 4 is 5.91 Å². The summed E-state index contributed by atoms with van der Waals surface area (Å²) in [7, 11) is 0. The Morgan fingerprint density at radius 1 is 1.33 bits per heavy atom. The summed E-state index contributed by atoms with van der Waals surface area (Å²) in [5.41, 5.74) is 0. The molecule has 15 heavy (non-hydrogen) atoms. The molecule has 0 radical (unpaired) electrons. The summed E-state index contributed by atoms with van der Waals surface area (Å²) in [6.45, 7) is 5.60. The summed E-state index contributed by atoms with van der Waals surface area (Å²) in [4.78, 5) is 11.6. The molecule has 0 aromatic rings. The average molecular weight is 213 g/mol. The van der Waals surface area contributed by atoms with E-state index in [1.807, 2.05) is 0 Å². The van der Waals surface area contributed by atoms with Crippen molar-refractivity contribution < 1.29 is 4.79 Å². The Balaban J connectivity index is 2.02. The van der Waals surface area contributed by atoms with Crippen molar-refractivity contribution in [2.75, 3.05) is 26.2 Å². The summed E-state index contributed by atoms with van der Waals surface area (Å²) in [6, 6.07) is -0.0371. The molecule has 1 amide bonds. The molecule has 1 fully saturated rings. The maximum absolute atomic E-state index is 11.6. The first-order valence-corrected chi connectivity index (χ1v) is 6.06. The van der Waals surface area contributed by atoms with Crippen molar-refractivity contribution in [1.29, 1.82) is 0 Å². The third-order valence-corrected chi connectivity index (χ3v) is 2.69. The van der Waals surface area contributed by atoms with Crippen LogP contribution < -0.4 is 16.0 Å². The van der Waals surface area contributed by atoms with Gasteiger partial charge in [0, 0.05) is 26.2 Å². The number of unbranched alkanes of at least 4 members (excludes halogenated alkanes) is 3. The van der Waals surface area contributed by atoms with E-state index in [9.17, 15) is 4.79 Å². The van der Waals surface area contributed by atoms with Gasteiger partial charge in [-0.05, 0) is 6.42 Å².